The highest BCUT2D eigenvalue weighted by molar-refractivity contribution is 7.19. The van der Waals surface area contributed by atoms with E-state index in [2.05, 4.69) is 11.4 Å². The van der Waals surface area contributed by atoms with Crippen LogP contribution < -0.4 is 5.32 Å². The van der Waals surface area contributed by atoms with Crippen LogP contribution in [0, 0.1) is 6.92 Å². The highest BCUT2D eigenvalue weighted by atomic mass is 32.1. The molecular weight excluding hydrogens is 314 g/mol. The number of benzene rings is 1. The van der Waals surface area contributed by atoms with Crippen molar-refractivity contribution < 1.29 is 19.4 Å². The molecule has 0 saturated heterocycles. The summed E-state index contributed by atoms with van der Waals surface area (Å²) < 4.78 is 6.22. The van der Waals surface area contributed by atoms with Crippen molar-refractivity contribution in [1.29, 1.82) is 0 Å². The minimum Gasteiger partial charge on any atom is -0.480 e. The third kappa shape index (κ3) is 4.96. The molecular formula is C17H21NO4S. The van der Waals surface area contributed by atoms with Crippen LogP contribution in [0.4, 0.5) is 4.79 Å². The van der Waals surface area contributed by atoms with Crippen LogP contribution >= 0.6 is 11.3 Å². The van der Waals surface area contributed by atoms with Gasteiger partial charge in [-0.05, 0) is 45.2 Å². The second-order valence-corrected chi connectivity index (χ2v) is 7.66. The summed E-state index contributed by atoms with van der Waals surface area (Å²) in [6.45, 7) is 7.21. The number of thiophene rings is 1. The van der Waals surface area contributed by atoms with Gasteiger partial charge in [-0.3, -0.25) is 0 Å². The molecule has 23 heavy (non-hydrogen) atoms. The number of hydrogen-bond acceptors (Lipinski definition) is 4. The van der Waals surface area contributed by atoms with E-state index in [1.807, 2.05) is 25.1 Å². The minimum absolute atomic E-state index is 0.229. The van der Waals surface area contributed by atoms with E-state index in [1.165, 1.54) is 11.3 Å². The molecule has 2 N–H and O–H groups in total. The van der Waals surface area contributed by atoms with Crippen molar-refractivity contribution in [3.8, 4) is 0 Å². The standard InChI is InChI=1S/C17H21NO4S/c1-10-5-6-14-11(7-10)8-12(23-14)9-13(15(19)20)18-16(21)22-17(2,3)4/h5-8,13H,9H2,1-4H3,(H,18,21)(H,19,20). The van der Waals surface area contributed by atoms with Crippen LogP contribution in [0.15, 0.2) is 24.3 Å². The molecule has 0 fully saturated rings. The van der Waals surface area contributed by atoms with Crippen molar-refractivity contribution in [2.45, 2.75) is 45.8 Å². The van der Waals surface area contributed by atoms with Gasteiger partial charge in [-0.15, -0.1) is 11.3 Å². The van der Waals surface area contributed by atoms with Gasteiger partial charge in [-0.25, -0.2) is 9.59 Å². The van der Waals surface area contributed by atoms with E-state index in [9.17, 15) is 14.7 Å². The summed E-state index contributed by atoms with van der Waals surface area (Å²) >= 11 is 1.54. The van der Waals surface area contributed by atoms with Gasteiger partial charge >= 0.3 is 12.1 Å². The Kier molecular flexibility index (Phi) is 4.94. The van der Waals surface area contributed by atoms with Crippen LogP contribution in [-0.4, -0.2) is 28.8 Å². The van der Waals surface area contributed by atoms with Crippen molar-refractivity contribution in [3.63, 3.8) is 0 Å². The van der Waals surface area contributed by atoms with Crippen LogP contribution in [-0.2, 0) is 16.0 Å². The van der Waals surface area contributed by atoms with E-state index in [4.69, 9.17) is 4.74 Å². The fraction of sp³-hybridized carbons (Fsp3) is 0.412. The Morgan fingerprint density at radius 2 is 2.00 bits per heavy atom. The molecule has 0 spiro atoms. The number of carbonyl (C=O) groups is 2. The maximum atomic E-state index is 11.8. The number of aryl methyl sites for hydroxylation is 1. The number of aliphatic carboxylic acids is 1. The number of amides is 1. The highest BCUT2D eigenvalue weighted by Crippen LogP contribution is 2.27. The molecule has 6 heteroatoms. The Labute approximate surface area is 139 Å². The number of carboxylic acids is 1. The predicted molar refractivity (Wildman–Crippen MR) is 91.1 cm³/mol. The van der Waals surface area contributed by atoms with Crippen LogP contribution in [0.5, 0.6) is 0 Å². The minimum atomic E-state index is -1.08. The molecule has 1 aromatic heterocycles. The Morgan fingerprint density at radius 3 is 2.61 bits per heavy atom. The number of carbonyl (C=O) groups excluding carboxylic acids is 1. The first-order chi connectivity index (χ1) is 10.6. The average molecular weight is 335 g/mol. The van der Waals surface area contributed by atoms with Crippen molar-refractivity contribution in [2.24, 2.45) is 0 Å². The largest absolute Gasteiger partial charge is 0.480 e. The number of rotatable bonds is 4. The van der Waals surface area contributed by atoms with E-state index in [0.717, 1.165) is 20.5 Å². The summed E-state index contributed by atoms with van der Waals surface area (Å²) in [6.07, 6.45) is -0.491. The van der Waals surface area contributed by atoms with Crippen molar-refractivity contribution in [2.75, 3.05) is 0 Å². The van der Waals surface area contributed by atoms with Gasteiger partial charge in [0.25, 0.3) is 0 Å². The summed E-state index contributed by atoms with van der Waals surface area (Å²) in [5, 5.41) is 12.8. The van der Waals surface area contributed by atoms with Crippen molar-refractivity contribution in [3.05, 3.63) is 34.7 Å². The summed E-state index contributed by atoms with van der Waals surface area (Å²) in [6, 6.07) is 7.07. The van der Waals surface area contributed by atoms with E-state index < -0.39 is 23.7 Å². The van der Waals surface area contributed by atoms with Gasteiger partial charge in [-0.1, -0.05) is 17.7 Å². The zero-order chi connectivity index (χ0) is 17.2. The third-order valence-corrected chi connectivity index (χ3v) is 4.26. The second-order valence-electron chi connectivity index (χ2n) is 6.50. The lowest BCUT2D eigenvalue weighted by molar-refractivity contribution is -0.139. The summed E-state index contributed by atoms with van der Waals surface area (Å²) in [5.41, 5.74) is 0.492. The lowest BCUT2D eigenvalue weighted by atomic mass is 10.1. The fourth-order valence-corrected chi connectivity index (χ4v) is 3.26. The van der Waals surface area contributed by atoms with Gasteiger partial charge in [0.05, 0.1) is 0 Å². The number of ether oxygens (including phenoxy) is 1. The number of nitrogens with one attached hydrogen (secondary N) is 1. The first-order valence-corrected chi connectivity index (χ1v) is 8.17. The molecule has 1 unspecified atom stereocenters. The maximum Gasteiger partial charge on any atom is 0.408 e. The smallest absolute Gasteiger partial charge is 0.408 e. The number of hydrogen-bond donors (Lipinski definition) is 2. The quantitative estimate of drug-likeness (QED) is 0.892. The fourth-order valence-electron chi connectivity index (χ4n) is 2.17. The van der Waals surface area contributed by atoms with E-state index in [1.54, 1.807) is 20.8 Å². The molecule has 5 nitrogen and oxygen atoms in total. The van der Waals surface area contributed by atoms with Crippen LogP contribution in [0.25, 0.3) is 10.1 Å². The molecule has 0 saturated carbocycles. The summed E-state index contributed by atoms with van der Waals surface area (Å²) in [4.78, 5) is 24.1. The normalized spacial score (nSPS) is 12.9. The predicted octanol–water partition coefficient (Wildman–Crippen LogP) is 3.73. The molecule has 0 aliphatic carbocycles. The van der Waals surface area contributed by atoms with E-state index in [-0.39, 0.29) is 6.42 Å². The third-order valence-electron chi connectivity index (χ3n) is 3.12. The number of fused-ring (bicyclic) bond motifs is 1. The van der Waals surface area contributed by atoms with E-state index in [0.29, 0.717) is 0 Å². The molecule has 1 amide bonds. The SMILES string of the molecule is Cc1ccc2sc(CC(NC(=O)OC(C)(C)C)C(=O)O)cc2c1. The summed E-state index contributed by atoms with van der Waals surface area (Å²) in [7, 11) is 0. The molecule has 1 heterocycles. The topological polar surface area (TPSA) is 75.6 Å². The monoisotopic (exact) mass is 335 g/mol. The zero-order valence-corrected chi connectivity index (χ0v) is 14.5. The number of alkyl carbamates (subject to hydrolysis) is 1. The van der Waals surface area contributed by atoms with Crippen molar-refractivity contribution in [1.82, 2.24) is 5.32 Å². The molecule has 0 radical (unpaired) electrons. The van der Waals surface area contributed by atoms with Gasteiger partial charge in [0.15, 0.2) is 0 Å². The van der Waals surface area contributed by atoms with Gasteiger partial charge < -0.3 is 15.2 Å². The Bertz CT molecular complexity index is 730. The average Bonchev–Trinajstić information content (AvgIpc) is 2.76. The summed E-state index contributed by atoms with van der Waals surface area (Å²) in [5.74, 6) is -1.08. The molecule has 1 aromatic carbocycles. The lowest BCUT2D eigenvalue weighted by Crippen LogP contribution is -2.44. The van der Waals surface area contributed by atoms with Gasteiger partial charge in [0.2, 0.25) is 0 Å². The molecule has 124 valence electrons. The van der Waals surface area contributed by atoms with Gasteiger partial charge in [0.1, 0.15) is 11.6 Å². The first kappa shape index (κ1) is 17.3. The number of carboxylic acid groups (broad SMARTS) is 1. The second kappa shape index (κ2) is 6.58. The van der Waals surface area contributed by atoms with Gasteiger partial charge in [-0.2, -0.15) is 0 Å². The Hall–Kier alpha value is -2.08. The lowest BCUT2D eigenvalue weighted by Gasteiger charge is -2.21. The molecule has 0 aliphatic heterocycles. The van der Waals surface area contributed by atoms with E-state index >= 15 is 0 Å². The zero-order valence-electron chi connectivity index (χ0n) is 13.7. The molecule has 2 rings (SSSR count). The molecule has 1 atom stereocenters. The Morgan fingerprint density at radius 1 is 1.30 bits per heavy atom. The van der Waals surface area contributed by atoms with Gasteiger partial charge in [0, 0.05) is 16.0 Å². The maximum absolute atomic E-state index is 11.8. The molecule has 0 bridgehead atoms. The Balaban J connectivity index is 2.11. The molecule has 0 aliphatic rings. The molecule has 2 aromatic rings. The van der Waals surface area contributed by atoms with Crippen molar-refractivity contribution >= 4 is 33.5 Å². The van der Waals surface area contributed by atoms with Crippen LogP contribution in [0.3, 0.4) is 0 Å². The van der Waals surface area contributed by atoms with Crippen LogP contribution in [0.1, 0.15) is 31.2 Å². The van der Waals surface area contributed by atoms with Crippen LogP contribution in [0.2, 0.25) is 0 Å². The highest BCUT2D eigenvalue weighted by Gasteiger charge is 2.24. The first-order valence-electron chi connectivity index (χ1n) is 7.35.